The van der Waals surface area contributed by atoms with E-state index in [0.717, 1.165) is 10.6 Å². The van der Waals surface area contributed by atoms with Gasteiger partial charge in [-0.05, 0) is 42.4 Å². The van der Waals surface area contributed by atoms with Gasteiger partial charge in [0.1, 0.15) is 0 Å². The number of halogens is 1. The summed E-state index contributed by atoms with van der Waals surface area (Å²) >= 11 is 6.33. The zero-order valence-corrected chi connectivity index (χ0v) is 11.2. The van der Waals surface area contributed by atoms with Crippen molar-refractivity contribution >= 4 is 17.6 Å². The number of aliphatic carboxylic acids is 1. The fraction of sp³-hybridized carbons (Fsp3) is 0.533. The highest BCUT2D eigenvalue weighted by Crippen LogP contribution is 2.36. The molecule has 1 N–H and O–H groups in total. The van der Waals surface area contributed by atoms with E-state index in [-0.39, 0.29) is 6.42 Å². The van der Waals surface area contributed by atoms with Gasteiger partial charge >= 0.3 is 5.97 Å². The summed E-state index contributed by atoms with van der Waals surface area (Å²) in [5.41, 5.74) is 2.26. The predicted molar refractivity (Wildman–Crippen MR) is 73.2 cm³/mol. The molecule has 1 aromatic rings. The monoisotopic (exact) mass is 266 g/mol. The number of carbonyl (C=O) groups is 1. The van der Waals surface area contributed by atoms with Crippen molar-refractivity contribution < 1.29 is 9.90 Å². The smallest absolute Gasteiger partial charge is 0.303 e. The van der Waals surface area contributed by atoms with E-state index in [1.807, 2.05) is 12.1 Å². The molecular formula is C15H19ClO2. The van der Waals surface area contributed by atoms with E-state index < -0.39 is 5.97 Å². The summed E-state index contributed by atoms with van der Waals surface area (Å²) in [5.74, 6) is -0.165. The van der Waals surface area contributed by atoms with Crippen molar-refractivity contribution in [2.24, 2.45) is 0 Å². The van der Waals surface area contributed by atoms with Gasteiger partial charge in [-0.15, -0.1) is 0 Å². The van der Waals surface area contributed by atoms with Crippen LogP contribution in [-0.4, -0.2) is 11.1 Å². The Morgan fingerprint density at radius 1 is 1.28 bits per heavy atom. The van der Waals surface area contributed by atoms with Crippen LogP contribution in [0.25, 0.3) is 0 Å². The highest BCUT2D eigenvalue weighted by molar-refractivity contribution is 6.31. The van der Waals surface area contributed by atoms with Crippen molar-refractivity contribution in [3.63, 3.8) is 0 Å². The molecule has 98 valence electrons. The van der Waals surface area contributed by atoms with Crippen molar-refractivity contribution in [2.45, 2.75) is 50.9 Å². The molecule has 1 aromatic carbocycles. The molecule has 2 nitrogen and oxygen atoms in total. The second-order valence-corrected chi connectivity index (χ2v) is 5.49. The van der Waals surface area contributed by atoms with E-state index in [4.69, 9.17) is 16.7 Å². The topological polar surface area (TPSA) is 37.3 Å². The second-order valence-electron chi connectivity index (χ2n) is 5.08. The van der Waals surface area contributed by atoms with E-state index in [1.54, 1.807) is 0 Å². The third-order valence-corrected chi connectivity index (χ3v) is 4.06. The summed E-state index contributed by atoms with van der Waals surface area (Å²) in [6.07, 6.45) is 7.11. The third kappa shape index (κ3) is 3.49. The largest absolute Gasteiger partial charge is 0.481 e. The van der Waals surface area contributed by atoms with Crippen LogP contribution in [-0.2, 0) is 11.2 Å². The second kappa shape index (κ2) is 6.24. The van der Waals surface area contributed by atoms with Crippen LogP contribution in [0, 0.1) is 0 Å². The van der Waals surface area contributed by atoms with Crippen molar-refractivity contribution in [1.82, 2.24) is 0 Å². The van der Waals surface area contributed by atoms with E-state index in [0.29, 0.717) is 12.3 Å². The molecule has 0 saturated heterocycles. The zero-order chi connectivity index (χ0) is 13.0. The fourth-order valence-electron chi connectivity index (χ4n) is 2.72. The van der Waals surface area contributed by atoms with Crippen LogP contribution in [0.4, 0.5) is 0 Å². The van der Waals surface area contributed by atoms with Gasteiger partial charge in [0.2, 0.25) is 0 Å². The summed E-state index contributed by atoms with van der Waals surface area (Å²) in [6, 6.07) is 6.06. The fourth-order valence-corrected chi connectivity index (χ4v) is 3.08. The van der Waals surface area contributed by atoms with Crippen LogP contribution in [0.5, 0.6) is 0 Å². The Bertz CT molecular complexity index is 423. The Kier molecular flexibility index (Phi) is 4.65. The van der Waals surface area contributed by atoms with Gasteiger partial charge in [-0.3, -0.25) is 4.79 Å². The number of carboxylic acids is 1. The van der Waals surface area contributed by atoms with Gasteiger partial charge < -0.3 is 5.11 Å². The molecule has 0 unspecified atom stereocenters. The number of carboxylic acid groups (broad SMARTS) is 1. The van der Waals surface area contributed by atoms with Crippen molar-refractivity contribution in [2.75, 3.05) is 0 Å². The first kappa shape index (κ1) is 13.4. The molecule has 1 aliphatic carbocycles. The standard InChI is InChI=1S/C15H19ClO2/c16-14-10-11(7-9-15(17)18)6-8-13(14)12-4-2-1-3-5-12/h6,8,10,12H,1-5,7,9H2,(H,17,18). The number of hydrogen-bond donors (Lipinski definition) is 1. The van der Waals surface area contributed by atoms with Gasteiger partial charge in [0, 0.05) is 11.4 Å². The quantitative estimate of drug-likeness (QED) is 0.877. The minimum Gasteiger partial charge on any atom is -0.481 e. The molecular weight excluding hydrogens is 248 g/mol. The molecule has 0 aromatic heterocycles. The highest BCUT2D eigenvalue weighted by atomic mass is 35.5. The Morgan fingerprint density at radius 3 is 2.61 bits per heavy atom. The summed E-state index contributed by atoms with van der Waals surface area (Å²) in [6.45, 7) is 0. The molecule has 0 atom stereocenters. The minimum absolute atomic E-state index is 0.166. The highest BCUT2D eigenvalue weighted by Gasteiger charge is 2.18. The molecule has 0 radical (unpaired) electrons. The van der Waals surface area contributed by atoms with Crippen LogP contribution in [0.15, 0.2) is 18.2 Å². The van der Waals surface area contributed by atoms with Crippen LogP contribution >= 0.6 is 11.6 Å². The summed E-state index contributed by atoms with van der Waals surface area (Å²) in [7, 11) is 0. The lowest BCUT2D eigenvalue weighted by Gasteiger charge is -2.23. The average molecular weight is 267 g/mol. The molecule has 0 aliphatic heterocycles. The lowest BCUT2D eigenvalue weighted by molar-refractivity contribution is -0.136. The molecule has 0 spiro atoms. The number of hydrogen-bond acceptors (Lipinski definition) is 1. The molecule has 3 heteroatoms. The molecule has 0 amide bonds. The van der Waals surface area contributed by atoms with Gasteiger partial charge in [-0.1, -0.05) is 43.0 Å². The van der Waals surface area contributed by atoms with Crippen molar-refractivity contribution in [3.05, 3.63) is 34.3 Å². The van der Waals surface area contributed by atoms with Crippen molar-refractivity contribution in [1.29, 1.82) is 0 Å². The first-order chi connectivity index (χ1) is 8.66. The Morgan fingerprint density at radius 2 is 2.00 bits per heavy atom. The number of aryl methyl sites for hydroxylation is 1. The molecule has 1 fully saturated rings. The average Bonchev–Trinajstić information content (AvgIpc) is 2.37. The van der Waals surface area contributed by atoms with Gasteiger partial charge in [-0.2, -0.15) is 0 Å². The third-order valence-electron chi connectivity index (χ3n) is 3.74. The first-order valence-corrected chi connectivity index (χ1v) is 7.04. The molecule has 1 saturated carbocycles. The first-order valence-electron chi connectivity index (χ1n) is 6.67. The van der Waals surface area contributed by atoms with Crippen LogP contribution < -0.4 is 0 Å². The Hall–Kier alpha value is -1.02. The molecule has 0 bridgehead atoms. The summed E-state index contributed by atoms with van der Waals surface area (Å²) in [5, 5.41) is 9.48. The van der Waals surface area contributed by atoms with Crippen LogP contribution in [0.1, 0.15) is 55.6 Å². The molecule has 18 heavy (non-hydrogen) atoms. The van der Waals surface area contributed by atoms with Gasteiger partial charge in [-0.25, -0.2) is 0 Å². The summed E-state index contributed by atoms with van der Waals surface area (Å²) in [4.78, 5) is 10.5. The van der Waals surface area contributed by atoms with Crippen LogP contribution in [0.3, 0.4) is 0 Å². The van der Waals surface area contributed by atoms with Gasteiger partial charge in [0.25, 0.3) is 0 Å². The van der Waals surface area contributed by atoms with Crippen molar-refractivity contribution in [3.8, 4) is 0 Å². The van der Waals surface area contributed by atoms with Gasteiger partial charge in [0.15, 0.2) is 0 Å². The van der Waals surface area contributed by atoms with E-state index in [9.17, 15) is 4.79 Å². The Balaban J connectivity index is 2.06. The predicted octanol–water partition coefficient (Wildman–Crippen LogP) is 4.40. The van der Waals surface area contributed by atoms with Crippen LogP contribution in [0.2, 0.25) is 5.02 Å². The minimum atomic E-state index is -0.762. The summed E-state index contributed by atoms with van der Waals surface area (Å²) < 4.78 is 0. The zero-order valence-electron chi connectivity index (χ0n) is 10.5. The van der Waals surface area contributed by atoms with E-state index >= 15 is 0 Å². The maximum absolute atomic E-state index is 10.5. The molecule has 2 rings (SSSR count). The lowest BCUT2D eigenvalue weighted by atomic mass is 9.84. The maximum Gasteiger partial charge on any atom is 0.303 e. The lowest BCUT2D eigenvalue weighted by Crippen LogP contribution is -2.05. The molecule has 0 heterocycles. The normalized spacial score (nSPS) is 16.7. The van der Waals surface area contributed by atoms with Gasteiger partial charge in [0.05, 0.1) is 0 Å². The number of rotatable bonds is 4. The van der Waals surface area contributed by atoms with E-state index in [2.05, 4.69) is 6.07 Å². The number of benzene rings is 1. The SMILES string of the molecule is O=C(O)CCc1ccc(C2CCCCC2)c(Cl)c1. The Labute approximate surface area is 113 Å². The van der Waals surface area contributed by atoms with E-state index in [1.165, 1.54) is 37.7 Å². The molecule has 1 aliphatic rings. The maximum atomic E-state index is 10.5.